The lowest BCUT2D eigenvalue weighted by Crippen LogP contribution is -2.66. The van der Waals surface area contributed by atoms with Crippen LogP contribution in [0.4, 0.5) is 11.8 Å². The van der Waals surface area contributed by atoms with Crippen molar-refractivity contribution in [3.8, 4) is 5.75 Å². The van der Waals surface area contributed by atoms with Gasteiger partial charge >= 0.3 is 0 Å². The molecule has 1 unspecified atom stereocenters. The monoisotopic (exact) mass is 705 g/mol. The van der Waals surface area contributed by atoms with Crippen LogP contribution in [0.25, 0.3) is 21.9 Å². The van der Waals surface area contributed by atoms with E-state index in [1.54, 1.807) is 7.11 Å². The Bertz CT molecular complexity index is 2010. The lowest BCUT2D eigenvalue weighted by atomic mass is 10.1. The van der Waals surface area contributed by atoms with Gasteiger partial charge in [0.25, 0.3) is 8.32 Å². The van der Waals surface area contributed by atoms with Gasteiger partial charge in [-0.2, -0.15) is 4.98 Å². The number of ether oxygens (including phenoxy) is 1. The Morgan fingerprint density at radius 3 is 2.16 bits per heavy atom. The Morgan fingerprint density at radius 2 is 1.54 bits per heavy atom. The van der Waals surface area contributed by atoms with Crippen LogP contribution in [-0.2, 0) is 16.9 Å². The second-order valence-corrected chi connectivity index (χ2v) is 18.5. The topological polar surface area (TPSA) is 87.2 Å². The van der Waals surface area contributed by atoms with Gasteiger partial charge in [0.2, 0.25) is 5.95 Å². The van der Waals surface area contributed by atoms with E-state index in [0.29, 0.717) is 19.0 Å². The van der Waals surface area contributed by atoms with Gasteiger partial charge in [0, 0.05) is 29.5 Å². The lowest BCUT2D eigenvalue weighted by molar-refractivity contribution is 0.281. The third kappa shape index (κ3) is 6.97. The van der Waals surface area contributed by atoms with E-state index >= 15 is 0 Å². The Balaban J connectivity index is 1.38. The van der Waals surface area contributed by atoms with Gasteiger partial charge in [0.05, 0.1) is 19.2 Å². The number of nitrogen functional groups attached to an aromatic ring is 1. The first-order chi connectivity index (χ1) is 24.2. The molecule has 1 atom stereocenters. The summed E-state index contributed by atoms with van der Waals surface area (Å²) >= 11 is 6.26. The second-order valence-electron chi connectivity index (χ2n) is 13.9. The number of nitrogens with one attached hydrogen (secondary N) is 1. The maximum absolute atomic E-state index is 7.30. The van der Waals surface area contributed by atoms with Gasteiger partial charge in [-0.25, -0.2) is 4.98 Å². The minimum absolute atomic E-state index is 0.0938. The maximum atomic E-state index is 7.30. The fourth-order valence-electron chi connectivity index (χ4n) is 7.37. The number of anilines is 2. The number of fused-ring (bicyclic) bond motifs is 3. The zero-order chi connectivity index (χ0) is 35.3. The summed E-state index contributed by atoms with van der Waals surface area (Å²) in [5.74, 6) is 2.19. The summed E-state index contributed by atoms with van der Waals surface area (Å²) in [5.41, 5.74) is 11.3. The average molecular weight is 706 g/mol. The first-order valence-electron chi connectivity index (χ1n) is 17.5. The van der Waals surface area contributed by atoms with Crippen LogP contribution in [0.3, 0.4) is 0 Å². The van der Waals surface area contributed by atoms with Crippen LogP contribution < -0.4 is 26.2 Å². The molecule has 6 rings (SSSR count). The van der Waals surface area contributed by atoms with E-state index in [1.807, 2.05) is 18.2 Å². The highest BCUT2D eigenvalue weighted by atomic mass is 35.5. The third-order valence-corrected chi connectivity index (χ3v) is 15.0. The number of hydrogen-bond acceptors (Lipinski definition) is 6. The Morgan fingerprint density at radius 1 is 0.880 bits per heavy atom. The van der Waals surface area contributed by atoms with Crippen LogP contribution in [0.15, 0.2) is 103 Å². The Kier molecular flexibility index (Phi) is 10.8. The number of para-hydroxylation sites is 1. The molecule has 0 amide bonds. The number of alkyl halides is 1. The molecular weight excluding hydrogens is 658 g/mol. The molecule has 0 aliphatic heterocycles. The van der Waals surface area contributed by atoms with Crippen molar-refractivity contribution in [1.29, 1.82) is 0 Å². The second kappa shape index (κ2) is 15.3. The molecule has 0 bridgehead atoms. The minimum Gasteiger partial charge on any atom is -0.496 e. The highest BCUT2D eigenvalue weighted by Gasteiger charge is 2.50. The van der Waals surface area contributed by atoms with Crippen molar-refractivity contribution < 1.29 is 9.16 Å². The summed E-state index contributed by atoms with van der Waals surface area (Å²) < 4.78 is 15.4. The van der Waals surface area contributed by atoms with Gasteiger partial charge in [0.15, 0.2) is 5.82 Å². The van der Waals surface area contributed by atoms with Gasteiger partial charge in [-0.15, -0.1) is 11.6 Å². The molecule has 9 heteroatoms. The molecule has 4 aromatic carbocycles. The number of aromatic nitrogens is 3. The number of hydrogen-bond donors (Lipinski definition) is 2. The molecule has 2 heterocycles. The molecule has 2 aromatic heterocycles. The number of nitrogens with two attached hydrogens (primary N) is 1. The van der Waals surface area contributed by atoms with E-state index in [0.717, 1.165) is 63.9 Å². The van der Waals surface area contributed by atoms with Crippen molar-refractivity contribution >= 4 is 64.0 Å². The number of nitrogens with zero attached hydrogens (tertiary/aromatic N) is 3. The fraction of sp³-hybridized carbons (Fsp3) is 0.317. The summed E-state index contributed by atoms with van der Waals surface area (Å²) in [4.78, 5) is 9.62. The van der Waals surface area contributed by atoms with Crippen LogP contribution in [0.5, 0.6) is 5.75 Å². The Hall–Kier alpha value is -4.37. The van der Waals surface area contributed by atoms with E-state index in [9.17, 15) is 0 Å². The lowest BCUT2D eigenvalue weighted by Gasteiger charge is -2.43. The van der Waals surface area contributed by atoms with Gasteiger partial charge in [-0.3, -0.25) is 0 Å². The Labute approximate surface area is 301 Å². The summed E-state index contributed by atoms with van der Waals surface area (Å²) in [6, 6.07) is 36.1. The average Bonchev–Trinajstić information content (AvgIpc) is 3.43. The van der Waals surface area contributed by atoms with Gasteiger partial charge in [-0.05, 0) is 52.0 Å². The van der Waals surface area contributed by atoms with Crippen molar-refractivity contribution in [3.05, 3.63) is 114 Å². The van der Waals surface area contributed by atoms with E-state index < -0.39 is 8.32 Å². The highest BCUT2D eigenvalue weighted by molar-refractivity contribution is 6.99. The highest BCUT2D eigenvalue weighted by Crippen LogP contribution is 2.38. The van der Waals surface area contributed by atoms with E-state index in [-0.39, 0.29) is 17.0 Å². The van der Waals surface area contributed by atoms with Gasteiger partial charge in [-0.1, -0.05) is 119 Å². The first-order valence-corrected chi connectivity index (χ1v) is 19.9. The molecule has 260 valence electrons. The van der Waals surface area contributed by atoms with Crippen LogP contribution in [0.2, 0.25) is 5.04 Å². The van der Waals surface area contributed by atoms with Gasteiger partial charge < -0.3 is 24.8 Å². The summed E-state index contributed by atoms with van der Waals surface area (Å²) in [6.07, 6.45) is 2.75. The van der Waals surface area contributed by atoms with Crippen molar-refractivity contribution in [2.24, 2.45) is 0 Å². The summed E-state index contributed by atoms with van der Waals surface area (Å²) in [6.45, 7) is 10.3. The van der Waals surface area contributed by atoms with Crippen LogP contribution >= 0.6 is 11.6 Å². The molecule has 0 fully saturated rings. The predicted octanol–water partition coefficient (Wildman–Crippen LogP) is 8.51. The smallest absolute Gasteiger partial charge is 0.261 e. The third-order valence-electron chi connectivity index (χ3n) is 9.63. The molecule has 50 heavy (non-hydrogen) atoms. The van der Waals surface area contributed by atoms with Gasteiger partial charge in [0.1, 0.15) is 16.8 Å². The SMILES string of the molecule is CCCC(CCO[Si](c1ccccc1)(c1ccccc1)C(C)(C)C)Nc1nc(N)nc2c3ccccc3n(Cc3cc(CCl)ccc3OC)c12. The molecule has 0 aliphatic carbocycles. The zero-order valence-corrected chi connectivity index (χ0v) is 31.5. The van der Waals surface area contributed by atoms with Crippen molar-refractivity contribution in [2.45, 2.75) is 70.5 Å². The number of halogens is 1. The number of methoxy groups -OCH3 is 1. The molecule has 0 saturated carbocycles. The van der Waals surface area contributed by atoms with Crippen LogP contribution in [0, 0.1) is 0 Å². The van der Waals surface area contributed by atoms with Crippen LogP contribution in [0.1, 0.15) is 58.1 Å². The van der Waals surface area contributed by atoms with Crippen LogP contribution in [-0.4, -0.2) is 42.6 Å². The van der Waals surface area contributed by atoms with E-state index in [2.05, 4.69) is 123 Å². The molecule has 7 nitrogen and oxygen atoms in total. The quantitative estimate of drug-likeness (QED) is 0.0873. The zero-order valence-electron chi connectivity index (χ0n) is 29.7. The molecule has 0 radical (unpaired) electrons. The minimum atomic E-state index is -2.67. The molecular formula is C41H48ClN5O2Si. The van der Waals surface area contributed by atoms with E-state index in [1.165, 1.54) is 10.4 Å². The molecule has 0 spiro atoms. The maximum Gasteiger partial charge on any atom is 0.261 e. The first kappa shape index (κ1) is 35.5. The molecule has 3 N–H and O–H groups in total. The van der Waals surface area contributed by atoms with Crippen molar-refractivity contribution in [2.75, 3.05) is 24.8 Å². The van der Waals surface area contributed by atoms with Crippen molar-refractivity contribution in [1.82, 2.24) is 14.5 Å². The molecule has 0 aliphatic rings. The molecule has 0 saturated heterocycles. The predicted molar refractivity (Wildman–Crippen MR) is 212 cm³/mol. The summed E-state index contributed by atoms with van der Waals surface area (Å²) in [5, 5.41) is 7.32. The van der Waals surface area contributed by atoms with E-state index in [4.69, 9.17) is 36.5 Å². The largest absolute Gasteiger partial charge is 0.496 e. The standard InChI is InChI=1S/C41H48ClN5O2Si/c1-6-15-31(24-25-49-50(41(2,3)4,32-16-9-7-10-17-32)33-18-11-8-12-19-33)44-39-38-37(45-40(43)46-39)34-20-13-14-21-35(34)47(38)28-30-26-29(27-42)22-23-36(30)48-5/h7-14,16-23,26,31H,6,15,24-25,27-28H2,1-5H3,(H3,43,44,45,46). The molecule has 6 aromatic rings. The normalized spacial score (nSPS) is 12.8. The summed E-state index contributed by atoms with van der Waals surface area (Å²) in [7, 11) is -0.974. The van der Waals surface area contributed by atoms with Crippen molar-refractivity contribution in [3.63, 3.8) is 0 Å². The number of rotatable bonds is 14. The fourth-order valence-corrected chi connectivity index (χ4v) is 12.1. The number of benzene rings is 4.